The number of aldehydes is 1. The summed E-state index contributed by atoms with van der Waals surface area (Å²) in [4.78, 5) is 52.4. The molecule has 1 amide bonds. The van der Waals surface area contributed by atoms with E-state index in [-0.39, 0.29) is 11.8 Å². The molecule has 7 rings (SSSR count). The lowest BCUT2D eigenvalue weighted by Gasteiger charge is -2.33. The molecule has 12 heteroatoms. The van der Waals surface area contributed by atoms with Crippen molar-refractivity contribution in [1.29, 1.82) is 0 Å². The van der Waals surface area contributed by atoms with E-state index in [1.807, 2.05) is 54.9 Å². The van der Waals surface area contributed by atoms with Crippen molar-refractivity contribution in [2.45, 2.75) is 45.6 Å². The summed E-state index contributed by atoms with van der Waals surface area (Å²) in [5.41, 5.74) is 6.98. The number of nitrogens with zero attached hydrogens (tertiary/aromatic N) is 5. The maximum Gasteiger partial charge on any atom is 0.306 e. The number of amides is 1. The maximum atomic E-state index is 13.7. The summed E-state index contributed by atoms with van der Waals surface area (Å²) in [5, 5.41) is 17.0. The van der Waals surface area contributed by atoms with Crippen molar-refractivity contribution in [2.75, 3.05) is 23.7 Å². The second-order valence-electron chi connectivity index (χ2n) is 13.3. The third-order valence-electron chi connectivity index (χ3n) is 10.1. The number of benzene rings is 2. The standard InChI is InChI=1S/C38H38ClN7O4/c1-22-27(5-3-7-29(22)42-35-34-26(13-15-40-35)17-24(21-47)18-41-34)28-6-4-8-30(33(28)39)44-37(48)36-43-31-20-46(16-14-32(31)45(36)2)19-23-9-11-25(12-10-23)38(49)50/h3-8,13,15,17-18,21,23,25H,9-12,14,16,19-20H2,1-2H3,(H,40,42)(H,44,48)(H,49,50). The molecule has 0 saturated heterocycles. The number of imidazole rings is 1. The van der Waals surface area contributed by atoms with Gasteiger partial charge in [-0.25, -0.2) is 9.97 Å². The van der Waals surface area contributed by atoms with Crippen LogP contribution >= 0.6 is 11.6 Å². The smallest absolute Gasteiger partial charge is 0.306 e. The molecule has 1 aliphatic heterocycles. The van der Waals surface area contributed by atoms with Gasteiger partial charge in [0, 0.05) is 73.4 Å². The summed E-state index contributed by atoms with van der Waals surface area (Å²) in [7, 11) is 1.88. The molecule has 1 aliphatic carbocycles. The van der Waals surface area contributed by atoms with Gasteiger partial charge in [0.25, 0.3) is 5.91 Å². The Bertz CT molecular complexity index is 2120. The van der Waals surface area contributed by atoms with Crippen molar-refractivity contribution >= 4 is 57.9 Å². The van der Waals surface area contributed by atoms with E-state index in [4.69, 9.17) is 16.6 Å². The summed E-state index contributed by atoms with van der Waals surface area (Å²) in [5.74, 6) is 0.153. The fourth-order valence-corrected chi connectivity index (χ4v) is 7.61. The van der Waals surface area contributed by atoms with Gasteiger partial charge in [-0.15, -0.1) is 0 Å². The Labute approximate surface area is 294 Å². The lowest BCUT2D eigenvalue weighted by Crippen LogP contribution is -2.36. The molecule has 4 heterocycles. The second-order valence-corrected chi connectivity index (χ2v) is 13.6. The minimum absolute atomic E-state index is 0.215. The molecule has 2 aromatic carbocycles. The van der Waals surface area contributed by atoms with Crippen LogP contribution in [0.4, 0.5) is 17.2 Å². The predicted octanol–water partition coefficient (Wildman–Crippen LogP) is 7.05. The van der Waals surface area contributed by atoms with Gasteiger partial charge in [0.1, 0.15) is 5.52 Å². The highest BCUT2D eigenvalue weighted by atomic mass is 35.5. The highest BCUT2D eigenvalue weighted by Crippen LogP contribution is 2.38. The SMILES string of the molecule is Cc1c(Nc2nccc3cc(C=O)cnc23)cccc1-c1cccc(NC(=O)c2nc3c(n2C)CCN(CC2CCC(C(=O)O)CC2)C3)c1Cl. The highest BCUT2D eigenvalue weighted by molar-refractivity contribution is 6.36. The number of nitrogens with one attached hydrogen (secondary N) is 2. The number of hydrogen-bond acceptors (Lipinski definition) is 8. The fraction of sp³-hybridized carbons (Fsp3) is 0.316. The zero-order chi connectivity index (χ0) is 34.9. The Morgan fingerprint density at radius 3 is 2.56 bits per heavy atom. The summed E-state index contributed by atoms with van der Waals surface area (Å²) >= 11 is 6.99. The Balaban J connectivity index is 1.07. The van der Waals surface area contributed by atoms with E-state index in [1.165, 1.54) is 6.20 Å². The van der Waals surface area contributed by atoms with Gasteiger partial charge in [0.15, 0.2) is 17.9 Å². The Hall–Kier alpha value is -5.13. The number of carbonyl (C=O) groups is 3. The molecule has 11 nitrogen and oxygen atoms in total. The van der Waals surface area contributed by atoms with Crippen molar-refractivity contribution in [3.05, 3.63) is 94.3 Å². The molecule has 256 valence electrons. The first-order valence-electron chi connectivity index (χ1n) is 16.9. The number of hydrogen-bond donors (Lipinski definition) is 3. The molecule has 3 N–H and O–H groups in total. The zero-order valence-corrected chi connectivity index (χ0v) is 28.7. The fourth-order valence-electron chi connectivity index (χ4n) is 7.34. The Morgan fingerprint density at radius 2 is 1.80 bits per heavy atom. The number of anilines is 3. The number of carboxylic acid groups (broad SMARTS) is 1. The lowest BCUT2D eigenvalue weighted by atomic mass is 9.81. The molecule has 1 fully saturated rings. The quantitative estimate of drug-likeness (QED) is 0.139. The molecular formula is C38H38ClN7O4. The Morgan fingerprint density at radius 1 is 1.04 bits per heavy atom. The number of pyridine rings is 2. The first-order valence-corrected chi connectivity index (χ1v) is 17.2. The van der Waals surface area contributed by atoms with Crippen molar-refractivity contribution in [2.24, 2.45) is 18.9 Å². The van der Waals surface area contributed by atoms with E-state index in [9.17, 15) is 19.5 Å². The largest absolute Gasteiger partial charge is 0.481 e. The van der Waals surface area contributed by atoms with Crippen LogP contribution < -0.4 is 10.6 Å². The van der Waals surface area contributed by atoms with E-state index >= 15 is 0 Å². The van der Waals surface area contributed by atoms with E-state index in [1.54, 1.807) is 18.3 Å². The molecular weight excluding hydrogens is 654 g/mol. The zero-order valence-electron chi connectivity index (χ0n) is 27.9. The van der Waals surface area contributed by atoms with Crippen LogP contribution in [-0.2, 0) is 24.8 Å². The highest BCUT2D eigenvalue weighted by Gasteiger charge is 2.30. The van der Waals surface area contributed by atoms with Gasteiger partial charge in [-0.3, -0.25) is 24.3 Å². The third kappa shape index (κ3) is 6.58. The monoisotopic (exact) mass is 691 g/mol. The topological polar surface area (TPSA) is 142 Å². The normalized spacial score (nSPS) is 17.7. The minimum Gasteiger partial charge on any atom is -0.481 e. The molecule has 5 aromatic rings. The van der Waals surface area contributed by atoms with Crippen molar-refractivity contribution < 1.29 is 19.5 Å². The molecule has 0 spiro atoms. The van der Waals surface area contributed by atoms with Crippen molar-refractivity contribution in [3.63, 3.8) is 0 Å². The van der Waals surface area contributed by atoms with Crippen molar-refractivity contribution in [3.8, 4) is 11.1 Å². The van der Waals surface area contributed by atoms with Crippen molar-refractivity contribution in [1.82, 2.24) is 24.4 Å². The van der Waals surface area contributed by atoms with Crippen LogP contribution in [0.1, 0.15) is 63.6 Å². The van der Waals surface area contributed by atoms with Crippen LogP contribution in [0, 0.1) is 18.8 Å². The summed E-state index contributed by atoms with van der Waals surface area (Å²) in [6, 6.07) is 15.0. The molecule has 2 aliphatic rings. The summed E-state index contributed by atoms with van der Waals surface area (Å²) in [6.45, 7) is 4.45. The molecule has 50 heavy (non-hydrogen) atoms. The van der Waals surface area contributed by atoms with Gasteiger partial charge in [-0.1, -0.05) is 35.9 Å². The van der Waals surface area contributed by atoms with E-state index in [0.717, 1.165) is 90.6 Å². The summed E-state index contributed by atoms with van der Waals surface area (Å²) < 4.78 is 1.88. The second kappa shape index (κ2) is 14.0. The number of carbonyl (C=O) groups excluding carboxylic acids is 2. The first-order chi connectivity index (χ1) is 24.2. The Kier molecular flexibility index (Phi) is 9.35. The number of rotatable bonds is 9. The number of halogens is 1. The molecule has 1 saturated carbocycles. The van der Waals surface area contributed by atoms with Gasteiger partial charge in [0.05, 0.1) is 22.3 Å². The van der Waals surface area contributed by atoms with Crippen LogP contribution in [-0.4, -0.2) is 60.8 Å². The van der Waals surface area contributed by atoms with Gasteiger partial charge >= 0.3 is 5.97 Å². The molecule has 0 bridgehead atoms. The number of aromatic nitrogens is 4. The van der Waals surface area contributed by atoms with E-state index < -0.39 is 5.97 Å². The van der Waals surface area contributed by atoms with Gasteiger partial charge in [-0.2, -0.15) is 0 Å². The molecule has 0 unspecified atom stereocenters. The van der Waals surface area contributed by atoms with Gasteiger partial charge in [-0.05, 0) is 73.9 Å². The van der Waals surface area contributed by atoms with Gasteiger partial charge in [0.2, 0.25) is 0 Å². The van der Waals surface area contributed by atoms with Gasteiger partial charge < -0.3 is 20.3 Å². The van der Waals surface area contributed by atoms with Crippen LogP contribution in [0.15, 0.2) is 60.9 Å². The molecule has 3 aromatic heterocycles. The molecule has 0 radical (unpaired) electrons. The average molecular weight is 692 g/mol. The van der Waals surface area contributed by atoms with E-state index in [2.05, 4.69) is 25.5 Å². The lowest BCUT2D eigenvalue weighted by molar-refractivity contribution is -0.143. The molecule has 0 atom stereocenters. The predicted molar refractivity (Wildman–Crippen MR) is 193 cm³/mol. The number of fused-ring (bicyclic) bond motifs is 2. The minimum atomic E-state index is -0.680. The number of aliphatic carboxylic acids is 1. The average Bonchev–Trinajstić information content (AvgIpc) is 3.45. The maximum absolute atomic E-state index is 13.7. The first kappa shape index (κ1) is 33.4. The number of carboxylic acids is 1. The van der Waals surface area contributed by atoms with E-state index in [0.29, 0.717) is 45.9 Å². The third-order valence-corrected chi connectivity index (χ3v) is 10.5. The van der Waals surface area contributed by atoms with Crippen LogP contribution in [0.25, 0.3) is 22.0 Å². The summed E-state index contributed by atoms with van der Waals surface area (Å²) in [6.07, 6.45) is 8.10. The van der Waals surface area contributed by atoms with Crippen LogP contribution in [0.3, 0.4) is 0 Å². The van der Waals surface area contributed by atoms with Crippen LogP contribution in [0.5, 0.6) is 0 Å². The van der Waals surface area contributed by atoms with Crippen LogP contribution in [0.2, 0.25) is 5.02 Å².